The molecule has 21 heteroatoms. The number of aliphatic hydroxyl groups excluding tert-OH is 2. The predicted molar refractivity (Wildman–Crippen MR) is 218 cm³/mol. The van der Waals surface area contributed by atoms with E-state index in [1.54, 1.807) is 69.2 Å². The molecule has 0 saturated carbocycles. The zero-order valence-electron chi connectivity index (χ0n) is 36.5. The second-order valence-electron chi connectivity index (χ2n) is 16.7. The van der Waals surface area contributed by atoms with Crippen molar-refractivity contribution in [1.82, 2.24) is 37.2 Å². The number of rotatable bonds is 28. The highest BCUT2D eigenvalue weighted by molar-refractivity contribution is 5.98. The van der Waals surface area contributed by atoms with Gasteiger partial charge in [-0.15, -0.1) is 0 Å². The highest BCUT2D eigenvalue weighted by Gasteiger charge is 2.37. The molecule has 344 valence electrons. The van der Waals surface area contributed by atoms with Gasteiger partial charge in [-0.05, 0) is 48.9 Å². The fraction of sp³-hybridized carbons (Fsp3) is 0.769. The van der Waals surface area contributed by atoms with Gasteiger partial charge in [-0.1, -0.05) is 75.7 Å². The molecule has 13 N–H and O–H groups in total. The van der Waals surface area contributed by atoms with E-state index < -0.39 is 133 Å². The second kappa shape index (κ2) is 27.1. The molecule has 0 heterocycles. The number of amides is 7. The van der Waals surface area contributed by atoms with E-state index in [9.17, 15) is 58.5 Å². The highest BCUT2D eigenvalue weighted by atomic mass is 16.4. The van der Waals surface area contributed by atoms with Gasteiger partial charge in [0.25, 0.3) is 0 Å². The number of carboxylic acids is 2. The van der Waals surface area contributed by atoms with Crippen molar-refractivity contribution in [3.05, 3.63) is 0 Å². The number of carbonyl (C=O) groups excluding carboxylic acids is 7. The Bertz CT molecular complexity index is 1470. The van der Waals surface area contributed by atoms with Crippen molar-refractivity contribution in [3.8, 4) is 0 Å². The van der Waals surface area contributed by atoms with Crippen LogP contribution in [0.15, 0.2) is 0 Å². The SMILES string of the molecule is CC[C@H](C)[C@H](NC(=O)[C@H](CC(C)C)NC(=O)[C@H](CC(=O)O)NC(=O)[C@@H](NC(=O)[C@H](CC(C)C)NC(=O)[C@H](CO)NC(=O)[C@@H](N)CO)C(C)C)C(=O)N[C@@H](CC(C)C)C(=O)O. The molecule has 7 amide bonds. The monoisotopic (exact) mass is 859 g/mol. The molecule has 21 nitrogen and oxygen atoms in total. The molecule has 0 unspecified atom stereocenters. The van der Waals surface area contributed by atoms with Gasteiger partial charge in [0.15, 0.2) is 0 Å². The summed E-state index contributed by atoms with van der Waals surface area (Å²) in [5.74, 6) is -10.7. The van der Waals surface area contributed by atoms with Gasteiger partial charge in [0.1, 0.15) is 48.3 Å². The quantitative estimate of drug-likeness (QED) is 0.0409. The average molecular weight is 859 g/mol. The van der Waals surface area contributed by atoms with Crippen LogP contribution in [0.3, 0.4) is 0 Å². The van der Waals surface area contributed by atoms with E-state index >= 15 is 0 Å². The van der Waals surface area contributed by atoms with Crippen molar-refractivity contribution in [1.29, 1.82) is 0 Å². The van der Waals surface area contributed by atoms with Crippen LogP contribution in [0.25, 0.3) is 0 Å². The highest BCUT2D eigenvalue weighted by Crippen LogP contribution is 2.14. The van der Waals surface area contributed by atoms with Crippen molar-refractivity contribution >= 4 is 53.3 Å². The Morgan fingerprint density at radius 2 is 0.833 bits per heavy atom. The maximum absolute atomic E-state index is 13.8. The van der Waals surface area contributed by atoms with E-state index in [0.717, 1.165) is 0 Å². The number of hydrogen-bond donors (Lipinski definition) is 12. The molecule has 60 heavy (non-hydrogen) atoms. The standard InChI is InChI=1S/C39H70N8O13/c1-11-22(10)31(38(58)44-27(39(59)60)14-20(6)7)47-35(55)25(13-19(4)5)41-33(53)26(15-29(50)51)43-37(57)30(21(8)9)46-34(54)24(12-18(2)3)42-36(56)28(17-49)45-32(52)23(40)16-48/h18-28,30-31,48-49H,11-17,40H2,1-10H3,(H,41,53)(H,42,56)(H,43,57)(H,44,58)(H,45,52)(H,46,54)(H,47,55)(H,50,51)(H,59,60)/t22-,23-,24-,25-,26-,27-,28-,30-,31-/m0/s1. The summed E-state index contributed by atoms with van der Waals surface area (Å²) in [4.78, 5) is 117. The average Bonchev–Trinajstić information content (AvgIpc) is 3.14. The summed E-state index contributed by atoms with van der Waals surface area (Å²) in [7, 11) is 0. The lowest BCUT2D eigenvalue weighted by atomic mass is 9.95. The van der Waals surface area contributed by atoms with Gasteiger partial charge < -0.3 is 63.4 Å². The molecule has 0 aliphatic carbocycles. The zero-order valence-corrected chi connectivity index (χ0v) is 36.5. The molecule has 0 aromatic carbocycles. The first kappa shape index (κ1) is 55.1. The normalized spacial score (nSPS) is 15.9. The molecule has 0 bridgehead atoms. The lowest BCUT2D eigenvalue weighted by Gasteiger charge is -2.30. The Morgan fingerprint density at radius 3 is 1.22 bits per heavy atom. The maximum Gasteiger partial charge on any atom is 0.326 e. The van der Waals surface area contributed by atoms with Crippen LogP contribution in [0.2, 0.25) is 0 Å². The molecule has 0 spiro atoms. The van der Waals surface area contributed by atoms with Gasteiger partial charge in [0, 0.05) is 0 Å². The molecule has 0 aliphatic rings. The van der Waals surface area contributed by atoms with Crippen molar-refractivity contribution in [2.45, 2.75) is 150 Å². The Labute approximate surface area is 351 Å². The van der Waals surface area contributed by atoms with Gasteiger partial charge >= 0.3 is 11.9 Å². The molecule has 0 aliphatic heterocycles. The van der Waals surface area contributed by atoms with E-state index in [1.807, 2.05) is 0 Å². The van der Waals surface area contributed by atoms with Crippen LogP contribution in [0.1, 0.15) is 101 Å². The summed E-state index contributed by atoms with van der Waals surface area (Å²) in [6.45, 7) is 15.5. The molecule has 0 saturated heterocycles. The summed E-state index contributed by atoms with van der Waals surface area (Å²) in [5, 5.41) is 55.4. The largest absolute Gasteiger partial charge is 0.481 e. The summed E-state index contributed by atoms with van der Waals surface area (Å²) < 4.78 is 0. The fourth-order valence-electron chi connectivity index (χ4n) is 5.85. The van der Waals surface area contributed by atoms with Crippen molar-refractivity contribution < 1.29 is 63.6 Å². The van der Waals surface area contributed by atoms with Gasteiger partial charge in [0.05, 0.1) is 19.6 Å². The Balaban J connectivity index is 6.38. The number of carbonyl (C=O) groups is 9. The first-order chi connectivity index (χ1) is 27.8. The summed E-state index contributed by atoms with van der Waals surface area (Å²) in [5.41, 5.74) is 5.47. The Morgan fingerprint density at radius 1 is 0.467 bits per heavy atom. The van der Waals surface area contributed by atoms with Gasteiger partial charge in [-0.2, -0.15) is 0 Å². The van der Waals surface area contributed by atoms with E-state index in [1.165, 1.54) is 0 Å². The van der Waals surface area contributed by atoms with Crippen LogP contribution in [0.4, 0.5) is 0 Å². The first-order valence-corrected chi connectivity index (χ1v) is 20.3. The molecular formula is C39H70N8O13. The molecule has 0 rings (SSSR count). The van der Waals surface area contributed by atoms with Crippen molar-refractivity contribution in [2.75, 3.05) is 13.2 Å². The molecular weight excluding hydrogens is 788 g/mol. The van der Waals surface area contributed by atoms with Gasteiger partial charge in [-0.3, -0.25) is 38.4 Å². The topological polar surface area (TPSA) is 345 Å². The van der Waals surface area contributed by atoms with Crippen LogP contribution in [-0.4, -0.2) is 135 Å². The van der Waals surface area contributed by atoms with Crippen LogP contribution in [0, 0.1) is 29.6 Å². The third-order valence-corrected chi connectivity index (χ3v) is 9.40. The summed E-state index contributed by atoms with van der Waals surface area (Å²) in [6, 6.07) is -11.1. The smallest absolute Gasteiger partial charge is 0.326 e. The summed E-state index contributed by atoms with van der Waals surface area (Å²) in [6.07, 6.45) is -0.331. The van der Waals surface area contributed by atoms with Crippen molar-refractivity contribution in [3.63, 3.8) is 0 Å². The van der Waals surface area contributed by atoms with Crippen LogP contribution < -0.4 is 43.0 Å². The lowest BCUT2D eigenvalue weighted by Crippen LogP contribution is -2.61. The minimum absolute atomic E-state index is 0.0218. The number of nitrogens with one attached hydrogen (secondary N) is 7. The predicted octanol–water partition coefficient (Wildman–Crippen LogP) is -1.91. The molecule has 0 radical (unpaired) electrons. The van der Waals surface area contributed by atoms with Crippen LogP contribution >= 0.6 is 0 Å². The number of carboxylic acid groups (broad SMARTS) is 2. The minimum Gasteiger partial charge on any atom is -0.481 e. The second-order valence-corrected chi connectivity index (χ2v) is 16.7. The maximum atomic E-state index is 13.8. The van der Waals surface area contributed by atoms with Crippen LogP contribution in [-0.2, 0) is 43.2 Å². The van der Waals surface area contributed by atoms with E-state index in [4.69, 9.17) is 10.8 Å². The fourth-order valence-corrected chi connectivity index (χ4v) is 5.85. The van der Waals surface area contributed by atoms with E-state index in [-0.39, 0.29) is 37.0 Å². The number of nitrogens with two attached hydrogens (primary N) is 1. The third-order valence-electron chi connectivity index (χ3n) is 9.40. The van der Waals surface area contributed by atoms with Crippen molar-refractivity contribution in [2.24, 2.45) is 35.3 Å². The third kappa shape index (κ3) is 19.9. The lowest BCUT2D eigenvalue weighted by molar-refractivity contribution is -0.143. The van der Waals surface area contributed by atoms with E-state index in [2.05, 4.69) is 37.2 Å². The summed E-state index contributed by atoms with van der Waals surface area (Å²) >= 11 is 0. The zero-order chi connectivity index (χ0) is 46.6. The number of aliphatic hydroxyl groups is 2. The molecule has 0 fully saturated rings. The van der Waals surface area contributed by atoms with Gasteiger partial charge in [-0.25, -0.2) is 4.79 Å². The van der Waals surface area contributed by atoms with E-state index in [0.29, 0.717) is 6.42 Å². The number of hydrogen-bond acceptors (Lipinski definition) is 12. The van der Waals surface area contributed by atoms with Gasteiger partial charge in [0.2, 0.25) is 41.4 Å². The molecule has 0 aromatic rings. The minimum atomic E-state index is -1.76. The molecule has 0 aromatic heterocycles. The number of aliphatic carboxylic acids is 2. The Hall–Kier alpha value is -4.89. The molecule has 9 atom stereocenters. The van der Waals surface area contributed by atoms with Crippen LogP contribution in [0.5, 0.6) is 0 Å². The Kier molecular flexibility index (Phi) is 24.8. The first-order valence-electron chi connectivity index (χ1n) is 20.3.